The molecule has 2 aromatic rings. The maximum Gasteiger partial charge on any atom is 0.336 e. The Bertz CT molecular complexity index is 840. The molecule has 4 N–H and O–H groups in total. The smallest absolute Gasteiger partial charge is 0.336 e. The van der Waals surface area contributed by atoms with Crippen LogP contribution in [0.3, 0.4) is 0 Å². The Balaban J connectivity index is 0.00000338. The molecule has 0 spiro atoms. The molecule has 9 heteroatoms. The van der Waals surface area contributed by atoms with Crippen molar-refractivity contribution < 1.29 is 42.5 Å². The Morgan fingerprint density at radius 2 is 0.920 bits per heavy atom. The predicted octanol–water partition coefficient (Wildman–Crippen LogP) is 3.12. The van der Waals surface area contributed by atoms with E-state index in [2.05, 4.69) is 0 Å². The lowest BCUT2D eigenvalue weighted by Crippen LogP contribution is -2.08. The van der Waals surface area contributed by atoms with Crippen molar-refractivity contribution in [3.63, 3.8) is 0 Å². The van der Waals surface area contributed by atoms with Gasteiger partial charge in [0.2, 0.25) is 0 Å². The lowest BCUT2D eigenvalue weighted by molar-refractivity contribution is 0.0651. The van der Waals surface area contributed by atoms with Crippen molar-refractivity contribution in [1.82, 2.24) is 0 Å². The van der Waals surface area contributed by atoms with Crippen LogP contribution in [0.5, 0.6) is 0 Å². The maximum absolute atomic E-state index is 11.2. The lowest BCUT2D eigenvalue weighted by atomic mass is 10.1. The molecule has 0 radical (unpaired) electrons. The molecule has 0 saturated carbocycles. The number of benzene rings is 2. The third-order valence-corrected chi connectivity index (χ3v) is 4.12. The normalized spacial score (nSPS) is 10.2. The third-order valence-electron chi connectivity index (χ3n) is 3.14. The number of hydrogen-bond acceptors (Lipinski definition) is 5. The molecule has 8 nitrogen and oxygen atoms in total. The number of carbonyl (C=O) groups is 4. The fraction of sp³-hybridized carbons (Fsp3) is 0. The first-order valence-corrected chi connectivity index (χ1v) is 7.41. The van der Waals surface area contributed by atoms with E-state index < -0.39 is 35.0 Å². The van der Waals surface area contributed by atoms with Gasteiger partial charge >= 0.3 is 23.9 Å². The summed E-state index contributed by atoms with van der Waals surface area (Å²) in [6.07, 6.45) is 0. The summed E-state index contributed by atoms with van der Waals surface area (Å²) in [5.41, 5.74) is -1.55. The highest BCUT2D eigenvalue weighted by Gasteiger charge is 2.19. The Morgan fingerprint density at radius 1 is 0.600 bits per heavy atom. The quantitative estimate of drug-likeness (QED) is 0.604. The maximum atomic E-state index is 11.2. The van der Waals surface area contributed by atoms with Crippen LogP contribution in [0.1, 0.15) is 44.3 Å². The van der Waals surface area contributed by atoms with Crippen LogP contribution in [0.4, 0.5) is 0 Å². The van der Waals surface area contributed by atoms with Gasteiger partial charge in [-0.15, -0.1) is 0 Å². The second-order valence-electron chi connectivity index (χ2n) is 4.74. The van der Waals surface area contributed by atoms with Crippen LogP contribution in [0, 0.1) is 0 Å². The van der Waals surface area contributed by atoms with Gasteiger partial charge in [-0.25, -0.2) is 19.2 Å². The van der Waals surface area contributed by atoms with Gasteiger partial charge in [-0.05, 0) is 36.4 Å². The number of carboxylic acids is 4. The monoisotopic (exact) mass is 366 g/mol. The Labute approximate surface area is 147 Å². The number of carboxylic acid groups (broad SMARTS) is 4. The molecule has 0 aliphatic rings. The number of hydrogen-bond donors (Lipinski definition) is 4. The van der Waals surface area contributed by atoms with E-state index in [1.807, 2.05) is 0 Å². The first kappa shape index (κ1) is 18.0. The highest BCUT2D eigenvalue weighted by molar-refractivity contribution is 7.99. The molecular weight excluding hydrogens is 352 g/mol. The van der Waals surface area contributed by atoms with E-state index in [1.54, 1.807) is 0 Å². The minimum atomic E-state index is -1.41. The van der Waals surface area contributed by atoms with Crippen molar-refractivity contribution in [1.29, 1.82) is 0 Å². The zero-order valence-electron chi connectivity index (χ0n) is 12.3. The van der Waals surface area contributed by atoms with Gasteiger partial charge in [0.15, 0.2) is 0 Å². The van der Waals surface area contributed by atoms with Crippen molar-refractivity contribution in [3.05, 3.63) is 58.7 Å². The minimum absolute atomic E-state index is 0. The molecule has 0 atom stereocenters. The van der Waals surface area contributed by atoms with E-state index >= 15 is 0 Å². The average Bonchev–Trinajstić information content (AvgIpc) is 2.54. The molecule has 132 valence electrons. The molecule has 0 aliphatic carbocycles. The van der Waals surface area contributed by atoms with Crippen molar-refractivity contribution in [3.8, 4) is 0 Å². The first-order chi connectivity index (χ1) is 11.7. The summed E-state index contributed by atoms with van der Waals surface area (Å²) in [7, 11) is 0. The van der Waals surface area contributed by atoms with E-state index in [1.165, 1.54) is 12.1 Å². The van der Waals surface area contributed by atoms with E-state index in [9.17, 15) is 19.2 Å². The lowest BCUT2D eigenvalue weighted by Gasteiger charge is -2.08. The van der Waals surface area contributed by atoms with Gasteiger partial charge in [-0.2, -0.15) is 0 Å². The SMILES string of the molecule is O=C(O)c1ccc(Sc2ccc(C(=O)O)c(C(=O)O)c2)cc1C(=O)O.[HH].[HH]. The first-order valence-electron chi connectivity index (χ1n) is 6.60. The summed E-state index contributed by atoms with van der Waals surface area (Å²) >= 11 is 0.979. The topological polar surface area (TPSA) is 149 Å². The van der Waals surface area contributed by atoms with Crippen molar-refractivity contribution >= 4 is 35.6 Å². The third kappa shape index (κ3) is 3.96. The van der Waals surface area contributed by atoms with Gasteiger partial charge in [0, 0.05) is 12.6 Å². The summed E-state index contributed by atoms with van der Waals surface area (Å²) in [5.74, 6) is -5.58. The standard InChI is InChI=1S/C16H10O8S.2H2/c17-13(18)9-3-1-7(5-11(9)15(21)22)25-8-2-4-10(14(19)20)12(6-8)16(23)24;;/h1-6H,(H,17,18)(H,19,20)(H,21,22)(H,23,24);2*1H. The van der Waals surface area contributed by atoms with Gasteiger partial charge in [0.05, 0.1) is 22.3 Å². The summed E-state index contributed by atoms with van der Waals surface area (Å²) in [6.45, 7) is 0. The van der Waals surface area contributed by atoms with Gasteiger partial charge in [0.25, 0.3) is 0 Å². The second-order valence-corrected chi connectivity index (χ2v) is 5.88. The van der Waals surface area contributed by atoms with E-state index in [0.717, 1.165) is 36.0 Å². The number of aromatic carboxylic acids is 4. The average molecular weight is 366 g/mol. The van der Waals surface area contributed by atoms with Crippen LogP contribution in [0.15, 0.2) is 46.2 Å². The molecular formula is C16H14O8S. The molecule has 0 unspecified atom stereocenters. The molecule has 25 heavy (non-hydrogen) atoms. The number of rotatable bonds is 6. The highest BCUT2D eigenvalue weighted by atomic mass is 32.2. The van der Waals surface area contributed by atoms with Crippen LogP contribution < -0.4 is 0 Å². The van der Waals surface area contributed by atoms with Crippen LogP contribution in [0.25, 0.3) is 0 Å². The molecule has 2 rings (SSSR count). The largest absolute Gasteiger partial charge is 0.478 e. The van der Waals surface area contributed by atoms with Crippen LogP contribution >= 0.6 is 11.8 Å². The van der Waals surface area contributed by atoms with E-state index in [0.29, 0.717) is 9.79 Å². The fourth-order valence-corrected chi connectivity index (χ4v) is 2.93. The van der Waals surface area contributed by atoms with Gasteiger partial charge in [0.1, 0.15) is 0 Å². The van der Waals surface area contributed by atoms with Crippen LogP contribution in [-0.4, -0.2) is 44.3 Å². The summed E-state index contributed by atoms with van der Waals surface area (Å²) in [5, 5.41) is 36.2. The summed E-state index contributed by atoms with van der Waals surface area (Å²) in [6, 6.07) is 7.35. The minimum Gasteiger partial charge on any atom is -0.478 e. The van der Waals surface area contributed by atoms with Crippen LogP contribution in [-0.2, 0) is 0 Å². The Morgan fingerprint density at radius 3 is 1.20 bits per heavy atom. The van der Waals surface area contributed by atoms with E-state index in [4.69, 9.17) is 20.4 Å². The van der Waals surface area contributed by atoms with Crippen molar-refractivity contribution in [2.45, 2.75) is 9.79 Å². The van der Waals surface area contributed by atoms with Gasteiger partial charge in [-0.1, -0.05) is 11.8 Å². The molecule has 0 amide bonds. The highest BCUT2D eigenvalue weighted by Crippen LogP contribution is 2.31. The second kappa shape index (κ2) is 7.05. The Hall–Kier alpha value is -3.33. The summed E-state index contributed by atoms with van der Waals surface area (Å²) in [4.78, 5) is 45.1. The molecule has 0 aliphatic heterocycles. The van der Waals surface area contributed by atoms with Crippen molar-refractivity contribution in [2.75, 3.05) is 0 Å². The molecule has 0 aromatic heterocycles. The van der Waals surface area contributed by atoms with Crippen LogP contribution in [0.2, 0.25) is 0 Å². The molecule has 0 fully saturated rings. The van der Waals surface area contributed by atoms with Crippen molar-refractivity contribution in [2.24, 2.45) is 0 Å². The zero-order chi connectivity index (χ0) is 18.7. The fourth-order valence-electron chi connectivity index (χ4n) is 2.04. The summed E-state index contributed by atoms with van der Waals surface area (Å²) < 4.78 is 0. The van der Waals surface area contributed by atoms with Gasteiger partial charge in [-0.3, -0.25) is 0 Å². The zero-order valence-corrected chi connectivity index (χ0v) is 13.1. The molecule has 0 bridgehead atoms. The predicted molar refractivity (Wildman–Crippen MR) is 89.1 cm³/mol. The molecule has 2 aromatic carbocycles. The Kier molecular flexibility index (Phi) is 5.08. The molecule has 0 heterocycles. The van der Waals surface area contributed by atoms with E-state index in [-0.39, 0.29) is 14.0 Å². The molecule has 0 saturated heterocycles. The van der Waals surface area contributed by atoms with Gasteiger partial charge < -0.3 is 20.4 Å².